The van der Waals surface area contributed by atoms with Crippen molar-refractivity contribution in [3.8, 4) is 0 Å². The molecule has 1 aromatic carbocycles. The summed E-state index contributed by atoms with van der Waals surface area (Å²) in [5.74, 6) is -0.0161. The maximum atomic E-state index is 11.0. The van der Waals surface area contributed by atoms with Crippen LogP contribution in [0.5, 0.6) is 0 Å². The zero-order chi connectivity index (χ0) is 11.4. The second-order valence-corrected chi connectivity index (χ2v) is 3.76. The van der Waals surface area contributed by atoms with Gasteiger partial charge in [-0.3, -0.25) is 9.59 Å². The van der Waals surface area contributed by atoms with Gasteiger partial charge in [0.2, 0.25) is 5.91 Å². The molecule has 0 aliphatic heterocycles. The molecule has 0 atom stereocenters. The number of aldehydes is 1. The third kappa shape index (κ3) is 3.06. The van der Waals surface area contributed by atoms with Gasteiger partial charge < -0.3 is 4.90 Å². The second-order valence-electron chi connectivity index (χ2n) is 3.35. The van der Waals surface area contributed by atoms with Crippen LogP contribution in [-0.4, -0.2) is 24.1 Å². The van der Waals surface area contributed by atoms with E-state index in [-0.39, 0.29) is 5.91 Å². The molecule has 0 bridgehead atoms. The highest BCUT2D eigenvalue weighted by Crippen LogP contribution is 2.16. The Morgan fingerprint density at radius 1 is 1.53 bits per heavy atom. The Balaban J connectivity index is 2.87. The molecule has 0 aliphatic carbocycles. The molecule has 3 nitrogen and oxygen atoms in total. The number of amides is 1. The van der Waals surface area contributed by atoms with E-state index in [2.05, 4.69) is 0 Å². The SMILES string of the molecule is CC(=O)N(C)Cc1ccc(Cl)c(C=O)c1. The Kier molecular flexibility index (Phi) is 3.86. The molecule has 0 radical (unpaired) electrons. The van der Waals surface area contributed by atoms with Crippen LogP contribution < -0.4 is 0 Å². The average molecular weight is 226 g/mol. The van der Waals surface area contributed by atoms with Gasteiger partial charge in [0, 0.05) is 26.1 Å². The summed E-state index contributed by atoms with van der Waals surface area (Å²) in [5.41, 5.74) is 1.34. The highest BCUT2D eigenvalue weighted by molar-refractivity contribution is 6.32. The fourth-order valence-electron chi connectivity index (χ4n) is 1.17. The number of carbonyl (C=O) groups is 2. The Morgan fingerprint density at radius 2 is 2.20 bits per heavy atom. The first-order valence-electron chi connectivity index (χ1n) is 4.50. The van der Waals surface area contributed by atoms with Crippen LogP contribution in [0.15, 0.2) is 18.2 Å². The fourth-order valence-corrected chi connectivity index (χ4v) is 1.33. The maximum absolute atomic E-state index is 11.0. The van der Waals surface area contributed by atoms with Gasteiger partial charge in [-0.1, -0.05) is 17.7 Å². The highest BCUT2D eigenvalue weighted by Gasteiger charge is 2.05. The molecule has 1 amide bonds. The van der Waals surface area contributed by atoms with Gasteiger partial charge in [-0.2, -0.15) is 0 Å². The molecule has 0 N–H and O–H groups in total. The Labute approximate surface area is 93.6 Å². The van der Waals surface area contributed by atoms with Crippen molar-refractivity contribution < 1.29 is 9.59 Å². The zero-order valence-electron chi connectivity index (χ0n) is 8.66. The van der Waals surface area contributed by atoms with Crippen molar-refractivity contribution in [1.29, 1.82) is 0 Å². The average Bonchev–Trinajstić information content (AvgIpc) is 2.20. The van der Waals surface area contributed by atoms with Crippen LogP contribution in [-0.2, 0) is 11.3 Å². The summed E-state index contributed by atoms with van der Waals surface area (Å²) in [7, 11) is 1.71. The third-order valence-corrected chi connectivity index (χ3v) is 2.49. The maximum Gasteiger partial charge on any atom is 0.219 e. The Hall–Kier alpha value is -1.35. The summed E-state index contributed by atoms with van der Waals surface area (Å²) in [5, 5.41) is 0.430. The summed E-state index contributed by atoms with van der Waals surface area (Å²) in [6, 6.07) is 5.15. The van der Waals surface area contributed by atoms with Gasteiger partial charge in [0.15, 0.2) is 6.29 Å². The summed E-state index contributed by atoms with van der Waals surface area (Å²) >= 11 is 5.78. The van der Waals surface area contributed by atoms with E-state index in [9.17, 15) is 9.59 Å². The van der Waals surface area contributed by atoms with E-state index < -0.39 is 0 Å². The van der Waals surface area contributed by atoms with Crippen molar-refractivity contribution >= 4 is 23.8 Å². The largest absolute Gasteiger partial charge is 0.342 e. The van der Waals surface area contributed by atoms with Gasteiger partial charge >= 0.3 is 0 Å². The molecule has 0 spiro atoms. The number of hydrogen-bond donors (Lipinski definition) is 0. The molecular formula is C11H12ClNO2. The fraction of sp³-hybridized carbons (Fsp3) is 0.273. The number of halogens is 1. The van der Waals surface area contributed by atoms with E-state index in [0.717, 1.165) is 5.56 Å². The molecule has 15 heavy (non-hydrogen) atoms. The zero-order valence-corrected chi connectivity index (χ0v) is 9.41. The van der Waals surface area contributed by atoms with E-state index in [0.29, 0.717) is 23.4 Å². The van der Waals surface area contributed by atoms with Gasteiger partial charge in [-0.25, -0.2) is 0 Å². The lowest BCUT2D eigenvalue weighted by atomic mass is 10.1. The number of rotatable bonds is 3. The molecule has 80 valence electrons. The molecule has 4 heteroatoms. The van der Waals surface area contributed by atoms with Gasteiger partial charge in [-0.15, -0.1) is 0 Å². The van der Waals surface area contributed by atoms with Crippen molar-refractivity contribution in [3.63, 3.8) is 0 Å². The molecule has 1 rings (SSSR count). The molecule has 0 aliphatic rings. The lowest BCUT2D eigenvalue weighted by Crippen LogP contribution is -2.23. The van der Waals surface area contributed by atoms with E-state index in [1.165, 1.54) is 6.92 Å². The second kappa shape index (κ2) is 4.94. The van der Waals surface area contributed by atoms with E-state index >= 15 is 0 Å². The van der Waals surface area contributed by atoms with Gasteiger partial charge in [-0.05, 0) is 17.7 Å². The molecule has 0 saturated heterocycles. The minimum atomic E-state index is -0.0161. The van der Waals surface area contributed by atoms with Crippen molar-refractivity contribution in [2.45, 2.75) is 13.5 Å². The summed E-state index contributed by atoms with van der Waals surface area (Å²) in [4.78, 5) is 23.2. The standard InChI is InChI=1S/C11H12ClNO2/c1-8(15)13(2)6-9-3-4-11(12)10(5-9)7-14/h3-5,7H,6H2,1-2H3. The van der Waals surface area contributed by atoms with E-state index in [4.69, 9.17) is 11.6 Å². The predicted octanol–water partition coefficient (Wildman–Crippen LogP) is 2.13. The smallest absolute Gasteiger partial charge is 0.219 e. The van der Waals surface area contributed by atoms with Crippen LogP contribution in [0.3, 0.4) is 0 Å². The predicted molar refractivity (Wildman–Crippen MR) is 59.0 cm³/mol. The first-order valence-corrected chi connectivity index (χ1v) is 4.87. The quantitative estimate of drug-likeness (QED) is 0.739. The number of carbonyl (C=O) groups excluding carboxylic acids is 2. The molecule has 1 aromatic rings. The number of hydrogen-bond acceptors (Lipinski definition) is 2. The molecular weight excluding hydrogens is 214 g/mol. The molecule has 0 unspecified atom stereocenters. The number of benzene rings is 1. The molecule has 0 aromatic heterocycles. The topological polar surface area (TPSA) is 37.4 Å². The molecule has 0 heterocycles. The summed E-state index contributed by atoms with van der Waals surface area (Å²) < 4.78 is 0. The first kappa shape index (κ1) is 11.7. The highest BCUT2D eigenvalue weighted by atomic mass is 35.5. The first-order chi connectivity index (χ1) is 7.04. The lowest BCUT2D eigenvalue weighted by molar-refractivity contribution is -0.128. The minimum absolute atomic E-state index is 0.0161. The molecule has 0 fully saturated rings. The van der Waals surface area contributed by atoms with Crippen LogP contribution in [0.1, 0.15) is 22.8 Å². The van der Waals surface area contributed by atoms with Crippen LogP contribution in [0.4, 0.5) is 0 Å². The van der Waals surface area contributed by atoms with Crippen LogP contribution in [0, 0.1) is 0 Å². The molecule has 0 saturated carbocycles. The monoisotopic (exact) mass is 225 g/mol. The van der Waals surface area contributed by atoms with E-state index in [1.807, 2.05) is 0 Å². The Morgan fingerprint density at radius 3 is 2.73 bits per heavy atom. The van der Waals surface area contributed by atoms with E-state index in [1.54, 1.807) is 30.1 Å². The number of nitrogens with zero attached hydrogens (tertiary/aromatic N) is 1. The third-order valence-electron chi connectivity index (χ3n) is 2.14. The van der Waals surface area contributed by atoms with Crippen molar-refractivity contribution in [3.05, 3.63) is 34.3 Å². The van der Waals surface area contributed by atoms with Crippen LogP contribution >= 0.6 is 11.6 Å². The van der Waals surface area contributed by atoms with Gasteiger partial charge in [0.05, 0.1) is 5.02 Å². The van der Waals surface area contributed by atoms with Gasteiger partial charge in [0.1, 0.15) is 0 Å². The van der Waals surface area contributed by atoms with Crippen molar-refractivity contribution in [1.82, 2.24) is 4.90 Å². The van der Waals surface area contributed by atoms with Crippen molar-refractivity contribution in [2.75, 3.05) is 7.05 Å². The summed E-state index contributed by atoms with van der Waals surface area (Å²) in [6.07, 6.45) is 0.708. The van der Waals surface area contributed by atoms with Crippen LogP contribution in [0.2, 0.25) is 5.02 Å². The minimum Gasteiger partial charge on any atom is -0.342 e. The van der Waals surface area contributed by atoms with Gasteiger partial charge in [0.25, 0.3) is 0 Å². The van der Waals surface area contributed by atoms with Crippen molar-refractivity contribution in [2.24, 2.45) is 0 Å². The normalized spacial score (nSPS) is 9.80. The Bertz CT molecular complexity index is 390. The lowest BCUT2D eigenvalue weighted by Gasteiger charge is -2.15. The van der Waals surface area contributed by atoms with Crippen LogP contribution in [0.25, 0.3) is 0 Å². The summed E-state index contributed by atoms with van der Waals surface area (Å²) in [6.45, 7) is 1.98.